The Kier molecular flexibility index (Phi) is 4.32. The van der Waals surface area contributed by atoms with Crippen LogP contribution in [0.3, 0.4) is 0 Å². The first-order valence-corrected chi connectivity index (χ1v) is 2.99. The van der Waals surface area contributed by atoms with Crippen molar-refractivity contribution >= 4 is 5.91 Å². The van der Waals surface area contributed by atoms with Crippen molar-refractivity contribution in [1.29, 1.82) is 0 Å². The van der Waals surface area contributed by atoms with Gasteiger partial charge in [-0.3, -0.25) is 4.79 Å². The van der Waals surface area contributed by atoms with E-state index in [-0.39, 0.29) is 19.1 Å². The summed E-state index contributed by atoms with van der Waals surface area (Å²) in [6.07, 6.45) is 1.27. The van der Waals surface area contributed by atoms with Crippen molar-refractivity contribution in [2.24, 2.45) is 5.73 Å². The maximum absolute atomic E-state index is 10.6. The highest BCUT2D eigenvalue weighted by atomic mass is 16.3. The summed E-state index contributed by atoms with van der Waals surface area (Å²) in [5, 5.41) is 10.7. The van der Waals surface area contributed by atoms with Crippen LogP contribution in [0.2, 0.25) is 0 Å². The molecular formula is C6H12N2O2. The van der Waals surface area contributed by atoms with E-state index in [1.807, 2.05) is 0 Å². The molecule has 0 atom stereocenters. The van der Waals surface area contributed by atoms with Crippen LogP contribution in [0.25, 0.3) is 0 Å². The molecule has 4 heteroatoms. The molecule has 1 amide bonds. The summed E-state index contributed by atoms with van der Waals surface area (Å²) >= 11 is 0. The fourth-order valence-electron chi connectivity index (χ4n) is 0.437. The molecule has 0 fully saturated rings. The van der Waals surface area contributed by atoms with Gasteiger partial charge >= 0.3 is 0 Å². The zero-order chi connectivity index (χ0) is 7.98. The van der Waals surface area contributed by atoms with Crippen molar-refractivity contribution in [2.45, 2.75) is 6.92 Å². The largest absolute Gasteiger partial charge is 0.402 e. The minimum absolute atomic E-state index is 0.0524. The normalized spacial score (nSPS) is 11.2. The minimum atomic E-state index is -0.269. The number of hydrogen-bond acceptors (Lipinski definition) is 3. The molecule has 0 aromatic rings. The Balaban J connectivity index is 3.54. The molecule has 0 heterocycles. The smallest absolute Gasteiger partial charge is 0.245 e. The molecule has 0 aliphatic heterocycles. The maximum Gasteiger partial charge on any atom is 0.245 e. The molecule has 0 unspecified atom stereocenters. The summed E-state index contributed by atoms with van der Waals surface area (Å²) in [7, 11) is 0. The second-order valence-electron chi connectivity index (χ2n) is 1.90. The van der Waals surface area contributed by atoms with Crippen LogP contribution in [0, 0.1) is 0 Å². The molecule has 0 bridgehead atoms. The average Bonchev–Trinajstić information content (AvgIpc) is 1.82. The van der Waals surface area contributed by atoms with Crippen LogP contribution in [-0.4, -0.2) is 24.2 Å². The van der Waals surface area contributed by atoms with Gasteiger partial charge in [0.1, 0.15) is 0 Å². The molecule has 0 saturated heterocycles. The molecule has 0 spiro atoms. The molecule has 0 saturated carbocycles. The number of carbonyl (C=O) groups is 1. The molecule has 4 N–H and O–H groups in total. The van der Waals surface area contributed by atoms with Crippen LogP contribution in [0.1, 0.15) is 6.92 Å². The van der Waals surface area contributed by atoms with Gasteiger partial charge in [-0.05, 0) is 6.92 Å². The Hall–Kier alpha value is -1.03. The quantitative estimate of drug-likeness (QED) is 0.443. The molecule has 0 aliphatic rings. The Bertz CT molecular complexity index is 139. The average molecular weight is 144 g/mol. The number of aliphatic hydroxyl groups excluding tert-OH is 1. The van der Waals surface area contributed by atoms with Crippen molar-refractivity contribution in [3.8, 4) is 0 Å². The highest BCUT2D eigenvalue weighted by molar-refractivity contribution is 5.87. The van der Waals surface area contributed by atoms with Crippen molar-refractivity contribution < 1.29 is 9.90 Å². The van der Waals surface area contributed by atoms with Crippen molar-refractivity contribution in [3.63, 3.8) is 0 Å². The Morgan fingerprint density at radius 1 is 1.80 bits per heavy atom. The fourth-order valence-corrected chi connectivity index (χ4v) is 0.437. The van der Waals surface area contributed by atoms with E-state index >= 15 is 0 Å². The monoisotopic (exact) mass is 144 g/mol. The van der Waals surface area contributed by atoms with Gasteiger partial charge in [-0.2, -0.15) is 0 Å². The van der Waals surface area contributed by atoms with E-state index in [0.29, 0.717) is 5.70 Å². The molecular weight excluding hydrogens is 132 g/mol. The van der Waals surface area contributed by atoms with Gasteiger partial charge < -0.3 is 16.2 Å². The van der Waals surface area contributed by atoms with Crippen LogP contribution in [-0.2, 0) is 4.79 Å². The first kappa shape index (κ1) is 8.97. The number of nitrogens with one attached hydrogen (secondary N) is 1. The number of hydrogen-bond donors (Lipinski definition) is 3. The van der Waals surface area contributed by atoms with Gasteiger partial charge in [-0.1, -0.05) is 0 Å². The van der Waals surface area contributed by atoms with E-state index < -0.39 is 0 Å². The molecule has 10 heavy (non-hydrogen) atoms. The summed E-state index contributed by atoms with van der Waals surface area (Å²) in [6, 6.07) is 0. The second-order valence-corrected chi connectivity index (χ2v) is 1.90. The van der Waals surface area contributed by atoms with Gasteiger partial charge in [-0.25, -0.2) is 0 Å². The molecule has 0 aromatic carbocycles. The third kappa shape index (κ3) is 5.11. The third-order valence-corrected chi connectivity index (χ3v) is 0.770. The topological polar surface area (TPSA) is 75.4 Å². The summed E-state index contributed by atoms with van der Waals surface area (Å²) in [5.41, 5.74) is 5.66. The molecule has 0 aromatic heterocycles. The van der Waals surface area contributed by atoms with Crippen LogP contribution in [0.5, 0.6) is 0 Å². The predicted molar refractivity (Wildman–Crippen MR) is 38.0 cm³/mol. The number of nitrogens with two attached hydrogens (primary N) is 1. The Morgan fingerprint density at radius 3 is 2.80 bits per heavy atom. The van der Waals surface area contributed by atoms with Crippen molar-refractivity contribution in [3.05, 3.63) is 11.8 Å². The number of amides is 1. The van der Waals surface area contributed by atoms with Crippen molar-refractivity contribution in [2.75, 3.05) is 13.2 Å². The number of carbonyl (C=O) groups excluding carboxylic acids is 1. The number of aliphatic hydroxyl groups is 1. The van der Waals surface area contributed by atoms with Crippen LogP contribution in [0.15, 0.2) is 11.8 Å². The maximum atomic E-state index is 10.6. The SMILES string of the molecule is CC(N)=CC(=O)NCCO. The van der Waals surface area contributed by atoms with Crippen LogP contribution < -0.4 is 11.1 Å². The first-order valence-electron chi connectivity index (χ1n) is 2.99. The van der Waals surface area contributed by atoms with Crippen molar-refractivity contribution in [1.82, 2.24) is 5.32 Å². The van der Waals surface area contributed by atoms with E-state index in [4.69, 9.17) is 10.8 Å². The second kappa shape index (κ2) is 4.81. The Labute approximate surface area is 59.7 Å². The van der Waals surface area contributed by atoms with Gasteiger partial charge in [0, 0.05) is 18.3 Å². The minimum Gasteiger partial charge on any atom is -0.402 e. The van der Waals surface area contributed by atoms with Crippen LogP contribution >= 0.6 is 0 Å². The van der Waals surface area contributed by atoms with E-state index in [0.717, 1.165) is 0 Å². The van der Waals surface area contributed by atoms with Gasteiger partial charge in [0.25, 0.3) is 0 Å². The lowest BCUT2D eigenvalue weighted by molar-refractivity contribution is -0.116. The van der Waals surface area contributed by atoms with Crippen LogP contribution in [0.4, 0.5) is 0 Å². The summed E-state index contributed by atoms with van der Waals surface area (Å²) in [6.45, 7) is 1.84. The van der Waals surface area contributed by atoms with E-state index in [2.05, 4.69) is 5.32 Å². The van der Waals surface area contributed by atoms with E-state index in [1.165, 1.54) is 6.08 Å². The zero-order valence-corrected chi connectivity index (χ0v) is 5.92. The van der Waals surface area contributed by atoms with Gasteiger partial charge in [-0.15, -0.1) is 0 Å². The highest BCUT2D eigenvalue weighted by Gasteiger charge is 1.92. The molecule has 58 valence electrons. The molecule has 0 radical (unpaired) electrons. The highest BCUT2D eigenvalue weighted by Crippen LogP contribution is 1.77. The number of rotatable bonds is 3. The summed E-state index contributed by atoms with van der Waals surface area (Å²) in [5.74, 6) is -0.269. The molecule has 4 nitrogen and oxygen atoms in total. The van der Waals surface area contributed by atoms with E-state index in [9.17, 15) is 4.79 Å². The van der Waals surface area contributed by atoms with Gasteiger partial charge in [0.15, 0.2) is 0 Å². The Morgan fingerprint density at radius 2 is 2.40 bits per heavy atom. The standard InChI is InChI=1S/C6H12N2O2/c1-5(7)4-6(10)8-2-3-9/h4,9H,2-3,7H2,1H3,(H,8,10). The molecule has 0 aliphatic carbocycles. The number of allylic oxidation sites excluding steroid dienone is 1. The lowest BCUT2D eigenvalue weighted by Gasteiger charge is -1.96. The third-order valence-electron chi connectivity index (χ3n) is 0.770. The van der Waals surface area contributed by atoms with Gasteiger partial charge in [0.2, 0.25) is 5.91 Å². The predicted octanol–water partition coefficient (Wildman–Crippen LogP) is -1.04. The van der Waals surface area contributed by atoms with Gasteiger partial charge in [0.05, 0.1) is 6.61 Å². The first-order chi connectivity index (χ1) is 4.66. The molecule has 0 rings (SSSR count). The summed E-state index contributed by atoms with van der Waals surface area (Å²) in [4.78, 5) is 10.6. The summed E-state index contributed by atoms with van der Waals surface area (Å²) < 4.78 is 0. The lowest BCUT2D eigenvalue weighted by Crippen LogP contribution is -2.25. The lowest BCUT2D eigenvalue weighted by atomic mass is 10.4. The zero-order valence-electron chi connectivity index (χ0n) is 5.92. The van der Waals surface area contributed by atoms with E-state index in [1.54, 1.807) is 6.92 Å². The fraction of sp³-hybridized carbons (Fsp3) is 0.500.